The molecule has 0 saturated carbocycles. The van der Waals surface area contributed by atoms with E-state index < -0.39 is 11.7 Å². The third-order valence-electron chi connectivity index (χ3n) is 5.96. The molecule has 2 heterocycles. The normalized spacial score (nSPS) is 16.4. The second-order valence-corrected chi connectivity index (χ2v) is 8.67. The van der Waals surface area contributed by atoms with E-state index >= 15 is 0 Å². The van der Waals surface area contributed by atoms with Crippen LogP contribution in [-0.2, 0) is 12.7 Å². The Morgan fingerprint density at radius 3 is 2.45 bits per heavy atom. The van der Waals surface area contributed by atoms with Crippen molar-refractivity contribution >= 4 is 34.5 Å². The molecule has 8 heteroatoms. The molecule has 0 amide bonds. The van der Waals surface area contributed by atoms with Crippen molar-refractivity contribution < 1.29 is 13.2 Å². The average Bonchev–Trinajstić information content (AvgIpc) is 2.96. The van der Waals surface area contributed by atoms with Gasteiger partial charge in [-0.05, 0) is 42.0 Å². The summed E-state index contributed by atoms with van der Waals surface area (Å²) >= 11 is 6.22. The van der Waals surface area contributed by atoms with E-state index in [0.29, 0.717) is 17.1 Å². The highest BCUT2D eigenvalue weighted by Crippen LogP contribution is 2.36. The molecule has 3 aromatic rings. The summed E-state index contributed by atoms with van der Waals surface area (Å²) < 4.78 is 39.1. The van der Waals surface area contributed by atoms with Crippen LogP contribution in [0.5, 0.6) is 0 Å². The smallest absolute Gasteiger partial charge is 0.353 e. The summed E-state index contributed by atoms with van der Waals surface area (Å²) in [5.74, 6) is 0.873. The van der Waals surface area contributed by atoms with E-state index in [4.69, 9.17) is 16.6 Å². The van der Waals surface area contributed by atoms with Crippen LogP contribution in [0.4, 0.5) is 30.2 Å². The second kappa shape index (κ2) is 8.72. The molecule has 2 aliphatic heterocycles. The number of alkyl halides is 3. The van der Waals surface area contributed by atoms with Gasteiger partial charge in [0, 0.05) is 49.0 Å². The minimum Gasteiger partial charge on any atom is -0.353 e. The number of nitrogens with one attached hydrogen (secondary N) is 1. The Morgan fingerprint density at radius 1 is 0.879 bits per heavy atom. The molecular formula is C25H22ClF3N4. The number of nitrogens with zero attached hydrogens (tertiary/aromatic N) is 3. The quantitative estimate of drug-likeness (QED) is 0.476. The number of fused-ring (bicyclic) bond motifs is 2. The lowest BCUT2D eigenvalue weighted by Crippen LogP contribution is -2.48. The maximum absolute atomic E-state index is 13.0. The molecular weight excluding hydrogens is 449 g/mol. The van der Waals surface area contributed by atoms with Crippen LogP contribution >= 0.6 is 11.6 Å². The molecule has 2 aliphatic rings. The summed E-state index contributed by atoms with van der Waals surface area (Å²) in [5, 5.41) is 4.08. The van der Waals surface area contributed by atoms with Gasteiger partial charge in [-0.2, -0.15) is 13.2 Å². The number of benzene rings is 3. The monoisotopic (exact) mass is 470 g/mol. The number of halogens is 4. The lowest BCUT2D eigenvalue weighted by Gasteiger charge is -2.36. The van der Waals surface area contributed by atoms with Crippen LogP contribution in [0.2, 0.25) is 5.02 Å². The van der Waals surface area contributed by atoms with Crippen LogP contribution in [-0.4, -0.2) is 41.8 Å². The molecule has 1 fully saturated rings. The number of amidine groups is 1. The van der Waals surface area contributed by atoms with Gasteiger partial charge in [-0.15, -0.1) is 0 Å². The van der Waals surface area contributed by atoms with Crippen LogP contribution < -0.4 is 5.32 Å². The Bertz CT molecular complexity index is 1200. The van der Waals surface area contributed by atoms with Crippen molar-refractivity contribution in [3.8, 4) is 0 Å². The van der Waals surface area contributed by atoms with Crippen molar-refractivity contribution in [2.24, 2.45) is 4.99 Å². The maximum atomic E-state index is 13.0. The van der Waals surface area contributed by atoms with Gasteiger partial charge in [-0.1, -0.05) is 41.9 Å². The summed E-state index contributed by atoms with van der Waals surface area (Å²) in [6, 6.07) is 19.2. The Kier molecular flexibility index (Phi) is 5.76. The predicted molar refractivity (Wildman–Crippen MR) is 126 cm³/mol. The zero-order valence-electron chi connectivity index (χ0n) is 17.7. The van der Waals surface area contributed by atoms with Gasteiger partial charge in [-0.25, -0.2) is 4.99 Å². The molecule has 4 nitrogen and oxygen atoms in total. The fourth-order valence-electron chi connectivity index (χ4n) is 4.27. The molecule has 0 aliphatic carbocycles. The van der Waals surface area contributed by atoms with E-state index in [1.165, 1.54) is 12.1 Å². The number of hydrogen-bond donors (Lipinski definition) is 1. The minimum atomic E-state index is -4.33. The largest absolute Gasteiger partial charge is 0.416 e. The summed E-state index contributed by atoms with van der Waals surface area (Å²) in [5.41, 5.74) is 3.72. The molecule has 170 valence electrons. The minimum absolute atomic E-state index is 0.487. The van der Waals surface area contributed by atoms with E-state index in [9.17, 15) is 13.2 Å². The van der Waals surface area contributed by atoms with Crippen LogP contribution in [0.25, 0.3) is 0 Å². The van der Waals surface area contributed by atoms with E-state index in [1.54, 1.807) is 6.07 Å². The zero-order chi connectivity index (χ0) is 23.0. The van der Waals surface area contributed by atoms with E-state index in [-0.39, 0.29) is 0 Å². The number of rotatable bonds is 2. The standard InChI is InChI=1S/C25H22ClF3N4/c26-19-8-9-22-23(15-19)31-24(20-6-1-2-7-21(20)30-22)33-12-10-32(11-13-33)16-17-4-3-5-18(14-17)25(27,28)29/h1-9,14-15,30H,10-13,16H2. The van der Waals surface area contributed by atoms with E-state index in [0.717, 1.165) is 60.7 Å². The molecule has 0 bridgehead atoms. The summed E-state index contributed by atoms with van der Waals surface area (Å²) in [7, 11) is 0. The second-order valence-electron chi connectivity index (χ2n) is 8.23. The van der Waals surface area contributed by atoms with Crippen molar-refractivity contribution in [2.45, 2.75) is 12.7 Å². The Morgan fingerprint density at radius 2 is 1.67 bits per heavy atom. The molecule has 33 heavy (non-hydrogen) atoms. The van der Waals surface area contributed by atoms with Gasteiger partial charge in [-0.3, -0.25) is 4.90 Å². The lowest BCUT2D eigenvalue weighted by atomic mass is 10.1. The van der Waals surface area contributed by atoms with Crippen LogP contribution in [0.1, 0.15) is 16.7 Å². The number of anilines is 2. The third kappa shape index (κ3) is 4.70. The molecule has 3 aromatic carbocycles. The first kappa shape index (κ1) is 21.8. The van der Waals surface area contributed by atoms with Crippen LogP contribution in [0.15, 0.2) is 71.7 Å². The van der Waals surface area contributed by atoms with Gasteiger partial charge >= 0.3 is 6.18 Å². The zero-order valence-corrected chi connectivity index (χ0v) is 18.5. The van der Waals surface area contributed by atoms with Gasteiger partial charge in [0.1, 0.15) is 5.84 Å². The molecule has 5 rings (SSSR count). The SMILES string of the molecule is FC(F)(F)c1cccc(CN2CCN(C3=Nc4cc(Cl)ccc4Nc4ccccc43)CC2)c1. The molecule has 0 spiro atoms. The van der Waals surface area contributed by atoms with Gasteiger partial charge in [0.05, 0.1) is 16.9 Å². The van der Waals surface area contributed by atoms with Gasteiger partial charge < -0.3 is 10.2 Å². The fraction of sp³-hybridized carbons (Fsp3) is 0.240. The van der Waals surface area contributed by atoms with Crippen LogP contribution in [0, 0.1) is 0 Å². The summed E-state index contributed by atoms with van der Waals surface area (Å²) in [6.07, 6.45) is -4.33. The molecule has 0 unspecified atom stereocenters. The summed E-state index contributed by atoms with van der Waals surface area (Å²) in [6.45, 7) is 3.39. The van der Waals surface area contributed by atoms with Crippen molar-refractivity contribution in [1.29, 1.82) is 0 Å². The Balaban J connectivity index is 1.35. The first-order valence-electron chi connectivity index (χ1n) is 10.7. The topological polar surface area (TPSA) is 30.9 Å². The molecule has 1 saturated heterocycles. The number of hydrogen-bond acceptors (Lipinski definition) is 4. The highest BCUT2D eigenvalue weighted by atomic mass is 35.5. The third-order valence-corrected chi connectivity index (χ3v) is 6.19. The number of para-hydroxylation sites is 1. The van der Waals surface area contributed by atoms with Gasteiger partial charge in [0.15, 0.2) is 0 Å². The molecule has 0 radical (unpaired) electrons. The average molecular weight is 471 g/mol. The highest BCUT2D eigenvalue weighted by molar-refractivity contribution is 6.31. The van der Waals surface area contributed by atoms with Crippen molar-refractivity contribution in [3.05, 3.63) is 88.4 Å². The Labute approximate surface area is 195 Å². The molecule has 0 atom stereocenters. The summed E-state index contributed by atoms with van der Waals surface area (Å²) in [4.78, 5) is 9.38. The lowest BCUT2D eigenvalue weighted by molar-refractivity contribution is -0.137. The van der Waals surface area contributed by atoms with Crippen LogP contribution in [0.3, 0.4) is 0 Å². The molecule has 1 N–H and O–H groups in total. The predicted octanol–water partition coefficient (Wildman–Crippen LogP) is 6.31. The van der Waals surface area contributed by atoms with Crippen molar-refractivity contribution in [1.82, 2.24) is 9.80 Å². The first-order chi connectivity index (χ1) is 15.9. The van der Waals surface area contributed by atoms with Crippen molar-refractivity contribution in [3.63, 3.8) is 0 Å². The highest BCUT2D eigenvalue weighted by Gasteiger charge is 2.31. The van der Waals surface area contributed by atoms with E-state index in [2.05, 4.69) is 15.1 Å². The van der Waals surface area contributed by atoms with Gasteiger partial charge in [0.25, 0.3) is 0 Å². The Hall–Kier alpha value is -3.03. The molecule has 0 aromatic heterocycles. The maximum Gasteiger partial charge on any atom is 0.416 e. The number of piperazine rings is 1. The van der Waals surface area contributed by atoms with E-state index in [1.807, 2.05) is 42.5 Å². The number of aliphatic imine (C=N–C) groups is 1. The fourth-order valence-corrected chi connectivity index (χ4v) is 4.44. The van der Waals surface area contributed by atoms with Gasteiger partial charge in [0.2, 0.25) is 0 Å². The first-order valence-corrected chi connectivity index (χ1v) is 11.1. The van der Waals surface area contributed by atoms with Crippen molar-refractivity contribution in [2.75, 3.05) is 31.5 Å².